The molecular formula is C15H23N3O2S. The number of nitrogens with zero attached hydrogens (tertiary/aromatic N) is 2. The summed E-state index contributed by atoms with van der Waals surface area (Å²) in [5, 5.41) is 11.9. The zero-order chi connectivity index (χ0) is 15.9. The summed E-state index contributed by atoms with van der Waals surface area (Å²) >= 11 is 0. The molecule has 116 valence electrons. The quantitative estimate of drug-likeness (QED) is 0.801. The minimum absolute atomic E-state index is 0.183. The van der Waals surface area contributed by atoms with E-state index in [-0.39, 0.29) is 23.9 Å². The summed E-state index contributed by atoms with van der Waals surface area (Å²) in [6.07, 6.45) is 1.10. The van der Waals surface area contributed by atoms with E-state index >= 15 is 0 Å². The van der Waals surface area contributed by atoms with Crippen LogP contribution in [0.5, 0.6) is 0 Å². The van der Waals surface area contributed by atoms with Crippen LogP contribution in [0.25, 0.3) is 0 Å². The summed E-state index contributed by atoms with van der Waals surface area (Å²) in [7, 11) is -3.61. The van der Waals surface area contributed by atoms with Crippen molar-refractivity contribution in [3.05, 3.63) is 24.3 Å². The van der Waals surface area contributed by atoms with E-state index in [4.69, 9.17) is 5.26 Å². The third kappa shape index (κ3) is 4.45. The SMILES string of the molecule is CCCNc1ccccc1S(=O)(=O)N(CCC#N)C(C)C. The molecule has 1 aromatic carbocycles. The van der Waals surface area contributed by atoms with Gasteiger partial charge in [0.25, 0.3) is 0 Å². The van der Waals surface area contributed by atoms with E-state index in [1.54, 1.807) is 18.2 Å². The lowest BCUT2D eigenvalue weighted by Crippen LogP contribution is -2.37. The molecule has 0 spiro atoms. The van der Waals surface area contributed by atoms with Crippen molar-refractivity contribution in [2.24, 2.45) is 0 Å². The number of anilines is 1. The molecule has 0 saturated heterocycles. The molecule has 0 aliphatic carbocycles. The maximum atomic E-state index is 12.8. The fourth-order valence-electron chi connectivity index (χ4n) is 2.04. The van der Waals surface area contributed by atoms with Crippen molar-refractivity contribution in [3.63, 3.8) is 0 Å². The molecule has 1 N–H and O–H groups in total. The van der Waals surface area contributed by atoms with Gasteiger partial charge in [-0.3, -0.25) is 0 Å². The lowest BCUT2D eigenvalue weighted by Gasteiger charge is -2.26. The molecule has 0 amide bonds. The molecule has 21 heavy (non-hydrogen) atoms. The molecule has 0 aliphatic rings. The van der Waals surface area contributed by atoms with Crippen LogP contribution in [-0.2, 0) is 10.0 Å². The van der Waals surface area contributed by atoms with Gasteiger partial charge in [0.1, 0.15) is 4.90 Å². The van der Waals surface area contributed by atoms with Gasteiger partial charge in [-0.2, -0.15) is 9.57 Å². The van der Waals surface area contributed by atoms with Gasteiger partial charge in [0.2, 0.25) is 10.0 Å². The van der Waals surface area contributed by atoms with Gasteiger partial charge in [-0.1, -0.05) is 19.1 Å². The van der Waals surface area contributed by atoms with Crippen LogP contribution < -0.4 is 5.32 Å². The number of para-hydroxylation sites is 1. The number of sulfonamides is 1. The first kappa shape index (κ1) is 17.5. The predicted octanol–water partition coefficient (Wildman–Crippen LogP) is 2.82. The Morgan fingerprint density at radius 1 is 1.33 bits per heavy atom. The fraction of sp³-hybridized carbons (Fsp3) is 0.533. The van der Waals surface area contributed by atoms with Gasteiger partial charge in [0.15, 0.2) is 0 Å². The topological polar surface area (TPSA) is 73.2 Å². The third-order valence-corrected chi connectivity index (χ3v) is 5.19. The predicted molar refractivity (Wildman–Crippen MR) is 84.5 cm³/mol. The van der Waals surface area contributed by atoms with Crippen LogP contribution in [0.2, 0.25) is 0 Å². The standard InChI is InChI=1S/C15H23N3O2S/c1-4-11-17-14-8-5-6-9-15(14)21(19,20)18(13(2)3)12-7-10-16/h5-6,8-9,13,17H,4,7,11-12H2,1-3H3. The Bertz CT molecular complexity index is 591. The Hall–Kier alpha value is -1.58. The van der Waals surface area contributed by atoms with Crippen LogP contribution in [0.4, 0.5) is 5.69 Å². The molecule has 5 nitrogen and oxygen atoms in total. The average Bonchev–Trinajstić information content (AvgIpc) is 2.45. The lowest BCUT2D eigenvalue weighted by molar-refractivity contribution is 0.360. The van der Waals surface area contributed by atoms with Gasteiger partial charge in [0, 0.05) is 25.6 Å². The monoisotopic (exact) mass is 309 g/mol. The molecule has 0 bridgehead atoms. The minimum atomic E-state index is -3.61. The van der Waals surface area contributed by atoms with Crippen LogP contribution in [0.15, 0.2) is 29.2 Å². The molecule has 0 fully saturated rings. The number of nitriles is 1. The summed E-state index contributed by atoms with van der Waals surface area (Å²) in [5.41, 5.74) is 0.613. The number of benzene rings is 1. The summed E-state index contributed by atoms with van der Waals surface area (Å²) in [4.78, 5) is 0.269. The average molecular weight is 309 g/mol. The highest BCUT2D eigenvalue weighted by molar-refractivity contribution is 7.89. The van der Waals surface area contributed by atoms with E-state index < -0.39 is 10.0 Å². The Morgan fingerprint density at radius 2 is 2.00 bits per heavy atom. The van der Waals surface area contributed by atoms with Crippen molar-refractivity contribution in [3.8, 4) is 6.07 Å². The Morgan fingerprint density at radius 3 is 2.57 bits per heavy atom. The first-order valence-corrected chi connectivity index (χ1v) is 8.60. The molecule has 0 unspecified atom stereocenters. The zero-order valence-corrected chi connectivity index (χ0v) is 13.7. The van der Waals surface area contributed by atoms with Crippen LogP contribution >= 0.6 is 0 Å². The highest BCUT2D eigenvalue weighted by Gasteiger charge is 2.28. The lowest BCUT2D eigenvalue weighted by atomic mass is 10.3. The van der Waals surface area contributed by atoms with Crippen molar-refractivity contribution >= 4 is 15.7 Å². The van der Waals surface area contributed by atoms with E-state index in [9.17, 15) is 8.42 Å². The van der Waals surface area contributed by atoms with E-state index in [0.717, 1.165) is 6.42 Å². The van der Waals surface area contributed by atoms with Crippen molar-refractivity contribution < 1.29 is 8.42 Å². The molecule has 0 aliphatic heterocycles. The molecule has 1 rings (SSSR count). The van der Waals surface area contributed by atoms with Crippen molar-refractivity contribution in [1.29, 1.82) is 5.26 Å². The number of hydrogen-bond acceptors (Lipinski definition) is 4. The molecule has 0 aromatic heterocycles. The molecule has 0 heterocycles. The summed E-state index contributed by atoms with van der Waals surface area (Å²) in [6.45, 7) is 6.58. The molecular weight excluding hydrogens is 286 g/mol. The normalized spacial score (nSPS) is 11.6. The highest BCUT2D eigenvalue weighted by Crippen LogP contribution is 2.26. The van der Waals surface area contributed by atoms with Crippen molar-refractivity contribution in [1.82, 2.24) is 4.31 Å². The first-order chi connectivity index (χ1) is 9.95. The van der Waals surface area contributed by atoms with Gasteiger partial charge in [-0.05, 0) is 32.4 Å². The minimum Gasteiger partial charge on any atom is -0.384 e. The summed E-state index contributed by atoms with van der Waals surface area (Å²) < 4.78 is 27.1. The Labute approximate surface area is 127 Å². The van der Waals surface area contributed by atoms with Crippen molar-refractivity contribution in [2.45, 2.75) is 44.6 Å². The maximum Gasteiger partial charge on any atom is 0.245 e. The summed E-state index contributed by atoms with van der Waals surface area (Å²) in [5.74, 6) is 0. The third-order valence-electron chi connectivity index (χ3n) is 3.06. The van der Waals surface area contributed by atoms with E-state index in [0.29, 0.717) is 12.2 Å². The van der Waals surface area contributed by atoms with Gasteiger partial charge in [-0.15, -0.1) is 0 Å². The molecule has 1 aromatic rings. The van der Waals surface area contributed by atoms with Crippen LogP contribution in [0, 0.1) is 11.3 Å². The van der Waals surface area contributed by atoms with Crippen LogP contribution in [0.1, 0.15) is 33.6 Å². The maximum absolute atomic E-state index is 12.8. The second-order valence-electron chi connectivity index (χ2n) is 5.04. The van der Waals surface area contributed by atoms with Crippen LogP contribution in [-0.4, -0.2) is 31.9 Å². The second-order valence-corrected chi connectivity index (χ2v) is 6.90. The molecule has 0 saturated carbocycles. The molecule has 0 atom stereocenters. The Balaban J connectivity index is 3.19. The van der Waals surface area contributed by atoms with E-state index in [2.05, 4.69) is 5.32 Å². The summed E-state index contributed by atoms with van der Waals surface area (Å²) in [6, 6.07) is 8.71. The fourth-order valence-corrected chi connectivity index (χ4v) is 3.85. The van der Waals surface area contributed by atoms with E-state index in [1.165, 1.54) is 4.31 Å². The van der Waals surface area contributed by atoms with Gasteiger partial charge in [-0.25, -0.2) is 8.42 Å². The highest BCUT2D eigenvalue weighted by atomic mass is 32.2. The van der Waals surface area contributed by atoms with Gasteiger partial charge in [0.05, 0.1) is 11.8 Å². The number of nitrogens with one attached hydrogen (secondary N) is 1. The van der Waals surface area contributed by atoms with Crippen LogP contribution in [0.3, 0.4) is 0 Å². The Kier molecular flexibility index (Phi) is 6.66. The molecule has 0 radical (unpaired) electrons. The molecule has 6 heteroatoms. The smallest absolute Gasteiger partial charge is 0.245 e. The second kappa shape index (κ2) is 8.01. The van der Waals surface area contributed by atoms with Gasteiger partial charge >= 0.3 is 0 Å². The first-order valence-electron chi connectivity index (χ1n) is 7.16. The van der Waals surface area contributed by atoms with E-state index in [1.807, 2.05) is 32.9 Å². The largest absolute Gasteiger partial charge is 0.384 e. The number of hydrogen-bond donors (Lipinski definition) is 1. The zero-order valence-electron chi connectivity index (χ0n) is 12.8. The van der Waals surface area contributed by atoms with Gasteiger partial charge < -0.3 is 5.32 Å². The number of rotatable bonds is 8. The van der Waals surface area contributed by atoms with Crippen molar-refractivity contribution in [2.75, 3.05) is 18.4 Å².